The minimum absolute atomic E-state index is 0.0337. The second kappa shape index (κ2) is 11.7. The van der Waals surface area contributed by atoms with Crippen LogP contribution in [0.5, 0.6) is 0 Å². The van der Waals surface area contributed by atoms with Crippen molar-refractivity contribution < 1.29 is 9.59 Å². The molecule has 0 heterocycles. The summed E-state index contributed by atoms with van der Waals surface area (Å²) in [6.45, 7) is 10.5. The highest BCUT2D eigenvalue weighted by molar-refractivity contribution is 5.88. The average molecular weight is 423 g/mol. The summed E-state index contributed by atoms with van der Waals surface area (Å²) >= 11 is 0. The highest BCUT2D eigenvalue weighted by atomic mass is 16.2. The Bertz CT molecular complexity index is 823. The molecule has 2 rings (SSSR count). The summed E-state index contributed by atoms with van der Waals surface area (Å²) in [4.78, 5) is 28.1. The lowest BCUT2D eigenvalue weighted by Crippen LogP contribution is -2.54. The van der Waals surface area contributed by atoms with Gasteiger partial charge in [-0.25, -0.2) is 0 Å². The predicted molar refractivity (Wildman–Crippen MR) is 128 cm³/mol. The molecule has 0 fully saturated rings. The monoisotopic (exact) mass is 422 g/mol. The third-order valence-corrected chi connectivity index (χ3v) is 5.43. The van der Waals surface area contributed by atoms with Crippen LogP contribution in [0.3, 0.4) is 0 Å². The summed E-state index contributed by atoms with van der Waals surface area (Å²) in [6, 6.07) is 18.1. The van der Waals surface area contributed by atoms with Gasteiger partial charge in [-0.1, -0.05) is 68.4 Å². The SMILES string of the molecule is CCc1ccc(CCC(=O)N(CCc2ccccc2)C(CC)C(=O)NC(C)(C)C)cc1. The highest BCUT2D eigenvalue weighted by Crippen LogP contribution is 2.14. The number of hydrogen-bond acceptors (Lipinski definition) is 2. The molecule has 2 aromatic rings. The van der Waals surface area contributed by atoms with Gasteiger partial charge in [-0.2, -0.15) is 0 Å². The molecule has 4 heteroatoms. The smallest absolute Gasteiger partial charge is 0.243 e. The van der Waals surface area contributed by atoms with Crippen molar-refractivity contribution in [1.82, 2.24) is 10.2 Å². The molecule has 0 radical (unpaired) electrons. The molecule has 168 valence electrons. The Morgan fingerprint density at radius 1 is 0.871 bits per heavy atom. The van der Waals surface area contributed by atoms with E-state index in [0.29, 0.717) is 25.8 Å². The minimum atomic E-state index is -0.460. The molecule has 0 saturated carbocycles. The van der Waals surface area contributed by atoms with E-state index < -0.39 is 6.04 Å². The van der Waals surface area contributed by atoms with Crippen molar-refractivity contribution in [2.75, 3.05) is 6.54 Å². The van der Waals surface area contributed by atoms with Crippen molar-refractivity contribution in [2.24, 2.45) is 0 Å². The van der Waals surface area contributed by atoms with Crippen molar-refractivity contribution in [2.45, 2.75) is 78.3 Å². The number of benzene rings is 2. The van der Waals surface area contributed by atoms with Gasteiger partial charge in [-0.3, -0.25) is 9.59 Å². The summed E-state index contributed by atoms with van der Waals surface area (Å²) in [7, 11) is 0. The Balaban J connectivity index is 2.13. The zero-order valence-corrected chi connectivity index (χ0v) is 19.8. The summed E-state index contributed by atoms with van der Waals surface area (Å²) in [5.41, 5.74) is 3.28. The van der Waals surface area contributed by atoms with Crippen molar-refractivity contribution >= 4 is 11.8 Å². The van der Waals surface area contributed by atoms with E-state index in [1.807, 2.05) is 45.9 Å². The van der Waals surface area contributed by atoms with Crippen LogP contribution < -0.4 is 5.32 Å². The normalized spacial score (nSPS) is 12.3. The Morgan fingerprint density at radius 2 is 1.45 bits per heavy atom. The molecule has 1 atom stereocenters. The van der Waals surface area contributed by atoms with Crippen molar-refractivity contribution in [3.05, 3.63) is 71.3 Å². The van der Waals surface area contributed by atoms with Crippen LogP contribution in [0.2, 0.25) is 0 Å². The molecule has 0 aliphatic rings. The largest absolute Gasteiger partial charge is 0.350 e. The number of amides is 2. The summed E-state index contributed by atoms with van der Waals surface area (Å²) in [5, 5.41) is 3.06. The van der Waals surface area contributed by atoms with E-state index in [4.69, 9.17) is 0 Å². The molecule has 1 N–H and O–H groups in total. The van der Waals surface area contributed by atoms with Gasteiger partial charge in [0.1, 0.15) is 6.04 Å². The van der Waals surface area contributed by atoms with Crippen LogP contribution in [-0.2, 0) is 28.9 Å². The Morgan fingerprint density at radius 3 is 2.00 bits per heavy atom. The second-order valence-electron chi connectivity index (χ2n) is 9.16. The molecule has 4 nitrogen and oxygen atoms in total. The van der Waals surface area contributed by atoms with Gasteiger partial charge in [-0.15, -0.1) is 0 Å². The van der Waals surface area contributed by atoms with Gasteiger partial charge < -0.3 is 10.2 Å². The zero-order chi connectivity index (χ0) is 22.9. The molecule has 0 saturated heterocycles. The van der Waals surface area contributed by atoms with Gasteiger partial charge in [-0.05, 0) is 63.1 Å². The molecule has 31 heavy (non-hydrogen) atoms. The first-order valence-corrected chi connectivity index (χ1v) is 11.5. The lowest BCUT2D eigenvalue weighted by atomic mass is 10.0. The Labute approximate surface area is 188 Å². The summed E-state index contributed by atoms with van der Waals surface area (Å²) in [6.07, 6.45) is 3.42. The fourth-order valence-electron chi connectivity index (χ4n) is 3.69. The van der Waals surface area contributed by atoms with Crippen LogP contribution in [0, 0.1) is 0 Å². The van der Waals surface area contributed by atoms with Crippen LogP contribution in [-0.4, -0.2) is 34.8 Å². The van der Waals surface area contributed by atoms with E-state index in [1.54, 1.807) is 4.90 Å². The fraction of sp³-hybridized carbons (Fsp3) is 0.481. The number of nitrogens with one attached hydrogen (secondary N) is 1. The fourth-order valence-corrected chi connectivity index (χ4v) is 3.69. The minimum Gasteiger partial charge on any atom is -0.350 e. The third kappa shape index (κ3) is 8.20. The zero-order valence-electron chi connectivity index (χ0n) is 19.8. The van der Waals surface area contributed by atoms with Crippen LogP contribution >= 0.6 is 0 Å². The standard InChI is InChI=1S/C27H38N2O2/c1-6-21-13-15-23(16-14-21)17-18-25(30)29(20-19-22-11-9-8-10-12-22)24(7-2)26(31)28-27(3,4)5/h8-16,24H,6-7,17-20H2,1-5H3,(H,28,31). The van der Waals surface area contributed by atoms with Crippen LogP contribution in [0.1, 0.15) is 64.2 Å². The molecule has 0 spiro atoms. The predicted octanol–water partition coefficient (Wildman–Crippen LogP) is 4.95. The van der Waals surface area contributed by atoms with E-state index in [9.17, 15) is 9.59 Å². The summed E-state index contributed by atoms with van der Waals surface area (Å²) in [5.74, 6) is -0.0462. The number of aryl methyl sites for hydroxylation is 2. The van der Waals surface area contributed by atoms with Gasteiger partial charge in [0.2, 0.25) is 11.8 Å². The van der Waals surface area contributed by atoms with Crippen molar-refractivity contribution in [1.29, 1.82) is 0 Å². The number of carbonyl (C=O) groups excluding carboxylic acids is 2. The van der Waals surface area contributed by atoms with E-state index >= 15 is 0 Å². The maximum atomic E-state index is 13.3. The van der Waals surface area contributed by atoms with E-state index in [2.05, 4.69) is 48.6 Å². The number of hydrogen-bond donors (Lipinski definition) is 1. The molecular weight excluding hydrogens is 384 g/mol. The first kappa shape index (κ1) is 24.6. The van der Waals surface area contributed by atoms with Crippen LogP contribution in [0.15, 0.2) is 54.6 Å². The molecule has 0 aromatic heterocycles. The van der Waals surface area contributed by atoms with Gasteiger partial charge in [0, 0.05) is 18.5 Å². The first-order valence-electron chi connectivity index (χ1n) is 11.5. The van der Waals surface area contributed by atoms with E-state index in [1.165, 1.54) is 11.1 Å². The maximum Gasteiger partial charge on any atom is 0.243 e. The molecule has 2 amide bonds. The van der Waals surface area contributed by atoms with E-state index in [0.717, 1.165) is 18.4 Å². The molecule has 2 aromatic carbocycles. The molecule has 0 aliphatic carbocycles. The third-order valence-electron chi connectivity index (χ3n) is 5.43. The van der Waals surface area contributed by atoms with Crippen LogP contribution in [0.4, 0.5) is 0 Å². The Hall–Kier alpha value is -2.62. The van der Waals surface area contributed by atoms with Crippen molar-refractivity contribution in [3.63, 3.8) is 0 Å². The number of rotatable bonds is 10. The second-order valence-corrected chi connectivity index (χ2v) is 9.16. The summed E-state index contributed by atoms with van der Waals surface area (Å²) < 4.78 is 0. The Kier molecular flexibility index (Phi) is 9.29. The van der Waals surface area contributed by atoms with E-state index in [-0.39, 0.29) is 17.4 Å². The maximum absolute atomic E-state index is 13.3. The van der Waals surface area contributed by atoms with Gasteiger partial charge >= 0.3 is 0 Å². The molecule has 1 unspecified atom stereocenters. The average Bonchev–Trinajstić information content (AvgIpc) is 2.74. The number of nitrogens with zero attached hydrogens (tertiary/aromatic N) is 1. The first-order chi connectivity index (χ1) is 14.7. The molecule has 0 bridgehead atoms. The quantitative estimate of drug-likeness (QED) is 0.589. The molecular formula is C27H38N2O2. The highest BCUT2D eigenvalue weighted by Gasteiger charge is 2.30. The lowest BCUT2D eigenvalue weighted by Gasteiger charge is -2.33. The van der Waals surface area contributed by atoms with Gasteiger partial charge in [0.15, 0.2) is 0 Å². The van der Waals surface area contributed by atoms with Crippen molar-refractivity contribution in [3.8, 4) is 0 Å². The van der Waals surface area contributed by atoms with Gasteiger partial charge in [0.05, 0.1) is 0 Å². The van der Waals surface area contributed by atoms with Gasteiger partial charge in [0.25, 0.3) is 0 Å². The lowest BCUT2D eigenvalue weighted by molar-refractivity contribution is -0.141. The number of carbonyl (C=O) groups is 2. The topological polar surface area (TPSA) is 49.4 Å². The molecule has 0 aliphatic heterocycles. The van der Waals surface area contributed by atoms with Crippen LogP contribution in [0.25, 0.3) is 0 Å².